The Balaban J connectivity index is 2.11. The molecule has 3 aromatic rings. The molecule has 4 nitrogen and oxygen atoms in total. The Kier molecular flexibility index (Phi) is 4.75. The Morgan fingerprint density at radius 1 is 1.05 bits per heavy atom. The lowest BCUT2D eigenvalue weighted by Gasteiger charge is -2.10. The van der Waals surface area contributed by atoms with E-state index in [-0.39, 0.29) is 0 Å². The molecule has 0 unspecified atom stereocenters. The Hall–Kier alpha value is -1.85. The zero-order valence-corrected chi connectivity index (χ0v) is 13.7. The van der Waals surface area contributed by atoms with Crippen molar-refractivity contribution in [1.82, 2.24) is 19.7 Å². The molecule has 0 atom stereocenters. The third-order valence-electron chi connectivity index (χ3n) is 3.09. The van der Waals surface area contributed by atoms with Crippen LogP contribution in [0.25, 0.3) is 17.1 Å². The fraction of sp³-hybridized carbons (Fsp3) is 0.188. The van der Waals surface area contributed by atoms with Gasteiger partial charge in [-0.3, -0.25) is 9.55 Å². The second-order valence-electron chi connectivity index (χ2n) is 4.70. The molecule has 0 aliphatic carbocycles. The lowest BCUT2D eigenvalue weighted by atomic mass is 10.2. The van der Waals surface area contributed by atoms with Crippen LogP contribution in [0.4, 0.5) is 0 Å². The molecule has 0 spiro atoms. The molecule has 0 N–H and O–H groups in total. The lowest BCUT2D eigenvalue weighted by Crippen LogP contribution is -1.99. The summed E-state index contributed by atoms with van der Waals surface area (Å²) in [5.41, 5.74) is 1.99. The number of aromatic nitrogens is 4. The average molecular weight is 331 g/mol. The first-order chi connectivity index (χ1) is 10.8. The number of halogens is 1. The molecular formula is C16H15ClN4S. The van der Waals surface area contributed by atoms with Gasteiger partial charge in [0.1, 0.15) is 0 Å². The normalized spacial score (nSPS) is 10.8. The summed E-state index contributed by atoms with van der Waals surface area (Å²) in [6, 6.07) is 11.6. The van der Waals surface area contributed by atoms with Gasteiger partial charge in [-0.25, -0.2) is 0 Å². The number of rotatable bonds is 5. The van der Waals surface area contributed by atoms with Gasteiger partial charge >= 0.3 is 0 Å². The molecule has 0 saturated carbocycles. The van der Waals surface area contributed by atoms with E-state index in [1.54, 1.807) is 24.2 Å². The fourth-order valence-electron chi connectivity index (χ4n) is 2.07. The minimum atomic E-state index is 0.713. The van der Waals surface area contributed by atoms with Crippen LogP contribution < -0.4 is 0 Å². The number of thioether (sulfide) groups is 1. The van der Waals surface area contributed by atoms with Crippen LogP contribution in [0.3, 0.4) is 0 Å². The van der Waals surface area contributed by atoms with Crippen LogP contribution in [0.2, 0.25) is 5.02 Å². The second kappa shape index (κ2) is 6.94. The first kappa shape index (κ1) is 15.1. The van der Waals surface area contributed by atoms with Gasteiger partial charge in [0.05, 0.1) is 0 Å². The predicted molar refractivity (Wildman–Crippen MR) is 90.6 cm³/mol. The van der Waals surface area contributed by atoms with E-state index in [0.717, 1.165) is 34.4 Å². The summed E-state index contributed by atoms with van der Waals surface area (Å²) < 4.78 is 2.06. The maximum Gasteiger partial charge on any atom is 0.196 e. The molecule has 0 aliphatic rings. The Labute approximate surface area is 138 Å². The highest BCUT2D eigenvalue weighted by atomic mass is 35.5. The van der Waals surface area contributed by atoms with Gasteiger partial charge in [-0.15, -0.1) is 10.2 Å². The largest absolute Gasteiger partial charge is 0.270 e. The van der Waals surface area contributed by atoms with E-state index >= 15 is 0 Å². The zero-order chi connectivity index (χ0) is 15.4. The topological polar surface area (TPSA) is 43.6 Å². The number of hydrogen-bond acceptors (Lipinski definition) is 4. The van der Waals surface area contributed by atoms with Crippen LogP contribution in [-0.4, -0.2) is 25.5 Å². The number of benzene rings is 1. The van der Waals surface area contributed by atoms with E-state index in [2.05, 4.69) is 26.7 Å². The number of hydrogen-bond donors (Lipinski definition) is 0. The second-order valence-corrected chi connectivity index (χ2v) is 6.20. The molecular weight excluding hydrogens is 316 g/mol. The molecule has 1 aromatic carbocycles. The predicted octanol–water partition coefficient (Wildman–Crippen LogP) is 4.48. The van der Waals surface area contributed by atoms with Crippen molar-refractivity contribution in [3.63, 3.8) is 0 Å². The van der Waals surface area contributed by atoms with Gasteiger partial charge in [0.15, 0.2) is 11.0 Å². The molecule has 22 heavy (non-hydrogen) atoms. The fourth-order valence-corrected chi connectivity index (χ4v) is 3.00. The van der Waals surface area contributed by atoms with Gasteiger partial charge in [0.25, 0.3) is 0 Å². The molecule has 3 rings (SSSR count). The van der Waals surface area contributed by atoms with Crippen LogP contribution in [0.1, 0.15) is 13.3 Å². The Bertz CT molecular complexity index is 741. The van der Waals surface area contributed by atoms with Gasteiger partial charge in [-0.05, 0) is 42.8 Å². The van der Waals surface area contributed by atoms with Crippen molar-refractivity contribution < 1.29 is 0 Å². The molecule has 0 saturated heterocycles. The van der Waals surface area contributed by atoms with E-state index in [1.165, 1.54) is 0 Å². The number of nitrogens with zero attached hydrogens (tertiary/aromatic N) is 4. The zero-order valence-electron chi connectivity index (χ0n) is 12.1. The molecule has 2 aromatic heterocycles. The summed E-state index contributed by atoms with van der Waals surface area (Å²) in [6.45, 7) is 2.15. The van der Waals surface area contributed by atoms with Gasteiger partial charge in [0.2, 0.25) is 0 Å². The maximum absolute atomic E-state index is 6.00. The summed E-state index contributed by atoms with van der Waals surface area (Å²) in [7, 11) is 0. The first-order valence-corrected chi connectivity index (χ1v) is 8.40. The molecule has 6 heteroatoms. The minimum Gasteiger partial charge on any atom is -0.270 e. The van der Waals surface area contributed by atoms with E-state index in [4.69, 9.17) is 11.6 Å². The van der Waals surface area contributed by atoms with Crippen LogP contribution in [0.5, 0.6) is 0 Å². The van der Waals surface area contributed by atoms with Crippen LogP contribution >= 0.6 is 23.4 Å². The molecule has 2 heterocycles. The highest BCUT2D eigenvalue weighted by molar-refractivity contribution is 7.99. The highest BCUT2D eigenvalue weighted by Gasteiger charge is 2.15. The van der Waals surface area contributed by atoms with Gasteiger partial charge in [0, 0.05) is 34.4 Å². The average Bonchev–Trinajstić information content (AvgIpc) is 2.98. The summed E-state index contributed by atoms with van der Waals surface area (Å²) in [5, 5.41) is 10.3. The van der Waals surface area contributed by atoms with Gasteiger partial charge in [-0.1, -0.05) is 30.3 Å². The van der Waals surface area contributed by atoms with Crippen molar-refractivity contribution in [3.05, 3.63) is 53.8 Å². The standard InChI is InChI=1S/C16H15ClN4S/c1-2-11-22-16-20-19-15(12-7-9-18-10-8-12)21(16)14-5-3-13(17)4-6-14/h3-10H,2,11H2,1H3. The Morgan fingerprint density at radius 2 is 1.77 bits per heavy atom. The van der Waals surface area contributed by atoms with Crippen molar-refractivity contribution >= 4 is 23.4 Å². The quantitative estimate of drug-likeness (QED) is 0.647. The molecule has 0 amide bonds. The van der Waals surface area contributed by atoms with Crippen LogP contribution in [0, 0.1) is 0 Å². The third kappa shape index (κ3) is 3.15. The molecule has 0 bridgehead atoms. The first-order valence-electron chi connectivity index (χ1n) is 7.04. The SMILES string of the molecule is CCCSc1nnc(-c2ccncc2)n1-c1ccc(Cl)cc1. The monoisotopic (exact) mass is 330 g/mol. The van der Waals surface area contributed by atoms with Crippen molar-refractivity contribution in [3.8, 4) is 17.1 Å². The van der Waals surface area contributed by atoms with E-state index < -0.39 is 0 Å². The van der Waals surface area contributed by atoms with Gasteiger partial charge < -0.3 is 0 Å². The molecule has 0 fully saturated rings. The van der Waals surface area contributed by atoms with Crippen molar-refractivity contribution in [2.45, 2.75) is 18.5 Å². The van der Waals surface area contributed by atoms with E-state index in [0.29, 0.717) is 5.02 Å². The molecule has 112 valence electrons. The highest BCUT2D eigenvalue weighted by Crippen LogP contribution is 2.28. The van der Waals surface area contributed by atoms with Crippen LogP contribution in [0.15, 0.2) is 53.9 Å². The van der Waals surface area contributed by atoms with Gasteiger partial charge in [-0.2, -0.15) is 0 Å². The third-order valence-corrected chi connectivity index (χ3v) is 4.48. The smallest absolute Gasteiger partial charge is 0.196 e. The van der Waals surface area contributed by atoms with Crippen molar-refractivity contribution in [2.75, 3.05) is 5.75 Å². The summed E-state index contributed by atoms with van der Waals surface area (Å²) in [4.78, 5) is 4.06. The summed E-state index contributed by atoms with van der Waals surface area (Å²) in [6.07, 6.45) is 4.60. The van der Waals surface area contributed by atoms with E-state index in [1.807, 2.05) is 36.4 Å². The lowest BCUT2D eigenvalue weighted by molar-refractivity contribution is 0.884. The maximum atomic E-state index is 6.00. The molecule has 0 aliphatic heterocycles. The minimum absolute atomic E-state index is 0.713. The van der Waals surface area contributed by atoms with Crippen molar-refractivity contribution in [1.29, 1.82) is 0 Å². The summed E-state index contributed by atoms with van der Waals surface area (Å²) >= 11 is 7.70. The summed E-state index contributed by atoms with van der Waals surface area (Å²) in [5.74, 6) is 1.81. The molecule has 0 radical (unpaired) electrons. The van der Waals surface area contributed by atoms with Crippen molar-refractivity contribution in [2.24, 2.45) is 0 Å². The number of pyridine rings is 1. The van der Waals surface area contributed by atoms with E-state index in [9.17, 15) is 0 Å². The van der Waals surface area contributed by atoms with Crippen LogP contribution in [-0.2, 0) is 0 Å². The Morgan fingerprint density at radius 3 is 2.45 bits per heavy atom.